The van der Waals surface area contributed by atoms with Gasteiger partial charge in [0.2, 0.25) is 5.91 Å². The van der Waals surface area contributed by atoms with Crippen LogP contribution >= 0.6 is 0 Å². The number of carbonyl (C=O) groups excluding carboxylic acids is 2. The summed E-state index contributed by atoms with van der Waals surface area (Å²) in [5.74, 6) is -1.72. The Kier molecular flexibility index (Phi) is 6.81. The van der Waals surface area contributed by atoms with Crippen LogP contribution in [-0.4, -0.2) is 52.1 Å². The van der Waals surface area contributed by atoms with Crippen molar-refractivity contribution in [2.24, 2.45) is 0 Å². The molecule has 2 aromatic rings. The SMILES string of the molecule is COc1ccc(CC(NC(=O)C(C)NC(=O)c2cnccn2)C(=O)O)cc1. The summed E-state index contributed by atoms with van der Waals surface area (Å²) in [6, 6.07) is 4.78. The number of aromatic nitrogens is 2. The standard InChI is InChI=1S/C18H20N4O5/c1-11(21-17(24)15-10-19-7-8-20-15)16(23)22-14(18(25)26)9-12-3-5-13(27-2)6-4-12/h3-8,10-11,14H,9H2,1-2H3,(H,21,24)(H,22,23)(H,25,26). The molecule has 27 heavy (non-hydrogen) atoms. The van der Waals surface area contributed by atoms with Crippen LogP contribution in [0.3, 0.4) is 0 Å². The molecule has 0 spiro atoms. The maximum absolute atomic E-state index is 12.3. The Balaban J connectivity index is 1.96. The van der Waals surface area contributed by atoms with E-state index in [0.717, 1.165) is 5.56 Å². The van der Waals surface area contributed by atoms with Gasteiger partial charge in [-0.3, -0.25) is 14.6 Å². The Bertz CT molecular complexity index is 795. The van der Waals surface area contributed by atoms with Crippen molar-refractivity contribution < 1.29 is 24.2 Å². The van der Waals surface area contributed by atoms with E-state index in [4.69, 9.17) is 4.74 Å². The maximum atomic E-state index is 12.3. The molecule has 3 N–H and O–H groups in total. The van der Waals surface area contributed by atoms with Crippen molar-refractivity contribution in [3.8, 4) is 5.75 Å². The van der Waals surface area contributed by atoms with Crippen LogP contribution in [0.1, 0.15) is 23.0 Å². The summed E-state index contributed by atoms with van der Waals surface area (Å²) in [6.45, 7) is 1.45. The molecule has 2 unspecified atom stereocenters. The van der Waals surface area contributed by atoms with E-state index < -0.39 is 29.9 Å². The fourth-order valence-electron chi connectivity index (χ4n) is 2.25. The van der Waals surface area contributed by atoms with Crippen LogP contribution in [0.15, 0.2) is 42.9 Å². The summed E-state index contributed by atoms with van der Waals surface area (Å²) in [4.78, 5) is 43.4. The molecule has 9 nitrogen and oxygen atoms in total. The zero-order chi connectivity index (χ0) is 19.8. The van der Waals surface area contributed by atoms with Crippen molar-refractivity contribution in [1.82, 2.24) is 20.6 Å². The van der Waals surface area contributed by atoms with Crippen LogP contribution in [0.5, 0.6) is 5.75 Å². The summed E-state index contributed by atoms with van der Waals surface area (Å²) in [7, 11) is 1.53. The van der Waals surface area contributed by atoms with E-state index in [1.165, 1.54) is 32.6 Å². The van der Waals surface area contributed by atoms with E-state index in [1.54, 1.807) is 24.3 Å². The highest BCUT2D eigenvalue weighted by Crippen LogP contribution is 2.13. The number of benzene rings is 1. The van der Waals surface area contributed by atoms with Gasteiger partial charge in [-0.1, -0.05) is 12.1 Å². The highest BCUT2D eigenvalue weighted by molar-refractivity contribution is 5.96. The van der Waals surface area contributed by atoms with Crippen LogP contribution < -0.4 is 15.4 Å². The largest absolute Gasteiger partial charge is 0.497 e. The maximum Gasteiger partial charge on any atom is 0.326 e. The van der Waals surface area contributed by atoms with Crippen molar-refractivity contribution in [3.05, 3.63) is 54.1 Å². The molecule has 1 aromatic carbocycles. The van der Waals surface area contributed by atoms with Gasteiger partial charge in [-0.15, -0.1) is 0 Å². The van der Waals surface area contributed by atoms with Crippen molar-refractivity contribution in [2.45, 2.75) is 25.4 Å². The average molecular weight is 372 g/mol. The predicted molar refractivity (Wildman–Crippen MR) is 95.2 cm³/mol. The van der Waals surface area contributed by atoms with E-state index in [-0.39, 0.29) is 12.1 Å². The van der Waals surface area contributed by atoms with Gasteiger partial charge in [-0.05, 0) is 24.6 Å². The second-order valence-electron chi connectivity index (χ2n) is 5.74. The molecule has 2 rings (SSSR count). The molecule has 0 saturated carbocycles. The number of hydrogen-bond donors (Lipinski definition) is 3. The van der Waals surface area contributed by atoms with Gasteiger partial charge in [0.15, 0.2) is 0 Å². The number of methoxy groups -OCH3 is 1. The van der Waals surface area contributed by atoms with Crippen LogP contribution in [0.4, 0.5) is 0 Å². The molecule has 0 aliphatic heterocycles. The monoisotopic (exact) mass is 372 g/mol. The normalized spacial score (nSPS) is 12.5. The summed E-state index contributed by atoms with van der Waals surface area (Å²) in [5.41, 5.74) is 0.782. The predicted octanol–water partition coefficient (Wildman–Crippen LogP) is 0.416. The number of nitrogens with zero attached hydrogens (tertiary/aromatic N) is 2. The minimum absolute atomic E-state index is 0.0603. The third-order valence-corrected chi connectivity index (χ3v) is 3.75. The van der Waals surface area contributed by atoms with Gasteiger partial charge in [0.25, 0.3) is 5.91 Å². The van der Waals surface area contributed by atoms with Crippen LogP contribution in [0.2, 0.25) is 0 Å². The summed E-state index contributed by atoms with van der Waals surface area (Å²) >= 11 is 0. The quantitative estimate of drug-likeness (QED) is 0.612. The van der Waals surface area contributed by atoms with Gasteiger partial charge in [0, 0.05) is 18.8 Å². The van der Waals surface area contributed by atoms with Gasteiger partial charge >= 0.3 is 5.97 Å². The van der Waals surface area contributed by atoms with E-state index in [2.05, 4.69) is 20.6 Å². The minimum Gasteiger partial charge on any atom is -0.497 e. The molecule has 0 radical (unpaired) electrons. The van der Waals surface area contributed by atoms with Crippen LogP contribution in [0, 0.1) is 0 Å². The lowest BCUT2D eigenvalue weighted by molar-refractivity contribution is -0.142. The molecule has 0 fully saturated rings. The van der Waals surface area contributed by atoms with E-state index in [9.17, 15) is 19.5 Å². The lowest BCUT2D eigenvalue weighted by atomic mass is 10.1. The molecule has 1 heterocycles. The Morgan fingerprint density at radius 2 is 1.85 bits per heavy atom. The Morgan fingerprint density at radius 3 is 2.41 bits per heavy atom. The van der Waals surface area contributed by atoms with Crippen molar-refractivity contribution >= 4 is 17.8 Å². The van der Waals surface area contributed by atoms with Gasteiger partial charge in [0.05, 0.1) is 13.3 Å². The molecule has 0 aliphatic carbocycles. The second-order valence-corrected chi connectivity index (χ2v) is 5.74. The van der Waals surface area contributed by atoms with Crippen molar-refractivity contribution in [3.63, 3.8) is 0 Å². The molecular weight excluding hydrogens is 352 g/mol. The summed E-state index contributed by atoms with van der Waals surface area (Å²) in [6.07, 6.45) is 4.14. The molecule has 0 saturated heterocycles. The fraction of sp³-hybridized carbons (Fsp3) is 0.278. The minimum atomic E-state index is -1.17. The van der Waals surface area contributed by atoms with Gasteiger partial charge in [-0.2, -0.15) is 0 Å². The number of hydrogen-bond acceptors (Lipinski definition) is 6. The van der Waals surface area contributed by atoms with Crippen molar-refractivity contribution in [2.75, 3.05) is 7.11 Å². The van der Waals surface area contributed by atoms with Gasteiger partial charge in [0.1, 0.15) is 23.5 Å². The zero-order valence-electron chi connectivity index (χ0n) is 14.9. The first-order valence-corrected chi connectivity index (χ1v) is 8.13. The number of amides is 2. The number of carboxylic acid groups (broad SMARTS) is 1. The topological polar surface area (TPSA) is 131 Å². The molecule has 2 amide bonds. The Morgan fingerprint density at radius 1 is 1.15 bits per heavy atom. The molecular formula is C18H20N4O5. The number of rotatable bonds is 8. The third kappa shape index (κ3) is 5.77. The first kappa shape index (κ1) is 19.8. The third-order valence-electron chi connectivity index (χ3n) is 3.75. The highest BCUT2D eigenvalue weighted by Gasteiger charge is 2.24. The van der Waals surface area contributed by atoms with Gasteiger partial charge in [-0.25, -0.2) is 9.78 Å². The molecule has 2 atom stereocenters. The molecule has 9 heteroatoms. The first-order valence-electron chi connectivity index (χ1n) is 8.13. The smallest absolute Gasteiger partial charge is 0.326 e. The number of carbonyl (C=O) groups is 3. The molecule has 0 bridgehead atoms. The molecule has 0 aliphatic rings. The Hall–Kier alpha value is -3.49. The molecule has 1 aromatic heterocycles. The fourth-order valence-corrected chi connectivity index (χ4v) is 2.25. The number of ether oxygens (including phenoxy) is 1. The van der Waals surface area contributed by atoms with E-state index in [1.807, 2.05) is 0 Å². The van der Waals surface area contributed by atoms with Crippen LogP contribution in [0.25, 0.3) is 0 Å². The highest BCUT2D eigenvalue weighted by atomic mass is 16.5. The number of carboxylic acids is 1. The summed E-state index contributed by atoms with van der Waals surface area (Å²) in [5, 5.41) is 14.3. The molecule has 142 valence electrons. The van der Waals surface area contributed by atoms with E-state index >= 15 is 0 Å². The lowest BCUT2D eigenvalue weighted by Crippen LogP contribution is -2.51. The number of aliphatic carboxylic acids is 1. The summed E-state index contributed by atoms with van der Waals surface area (Å²) < 4.78 is 5.06. The zero-order valence-corrected chi connectivity index (χ0v) is 14.9. The first-order chi connectivity index (χ1) is 12.9. The van der Waals surface area contributed by atoms with Crippen LogP contribution in [-0.2, 0) is 16.0 Å². The Labute approximate surface area is 155 Å². The van der Waals surface area contributed by atoms with E-state index in [0.29, 0.717) is 5.75 Å². The van der Waals surface area contributed by atoms with Gasteiger partial charge < -0.3 is 20.5 Å². The van der Waals surface area contributed by atoms with Crippen molar-refractivity contribution in [1.29, 1.82) is 0 Å². The second kappa shape index (κ2) is 9.27. The lowest BCUT2D eigenvalue weighted by Gasteiger charge is -2.19. The average Bonchev–Trinajstić information content (AvgIpc) is 2.68. The number of nitrogens with one attached hydrogen (secondary N) is 2.